The summed E-state index contributed by atoms with van der Waals surface area (Å²) in [7, 11) is 0. The average molecular weight is 214 g/mol. The number of carboxylic acid groups (broad SMARTS) is 1. The van der Waals surface area contributed by atoms with Crippen LogP contribution in [0, 0.1) is 5.92 Å². The quantitative estimate of drug-likeness (QED) is 0.613. The fourth-order valence-corrected chi connectivity index (χ4v) is 1.05. The first kappa shape index (κ1) is 13.6. The molecule has 0 bridgehead atoms. The summed E-state index contributed by atoms with van der Waals surface area (Å²) >= 11 is 0. The predicted molar refractivity (Wildman–Crippen MR) is 57.2 cm³/mol. The van der Waals surface area contributed by atoms with Gasteiger partial charge in [-0.2, -0.15) is 0 Å². The molecule has 0 heterocycles. The van der Waals surface area contributed by atoms with Gasteiger partial charge in [0.1, 0.15) is 6.54 Å². The van der Waals surface area contributed by atoms with E-state index in [-0.39, 0.29) is 24.9 Å². The maximum Gasteiger partial charge on any atom is 0.323 e. The molecule has 15 heavy (non-hydrogen) atoms. The van der Waals surface area contributed by atoms with Crippen LogP contribution >= 0.6 is 0 Å². The highest BCUT2D eigenvalue weighted by Crippen LogP contribution is 2.03. The second kappa shape index (κ2) is 6.19. The highest BCUT2D eigenvalue weighted by Gasteiger charge is 2.24. The second-order valence-corrected chi connectivity index (χ2v) is 3.67. The molecule has 0 aromatic carbocycles. The van der Waals surface area contributed by atoms with E-state index >= 15 is 0 Å². The molecule has 1 atom stereocenters. The molecule has 0 radical (unpaired) electrons. The van der Waals surface area contributed by atoms with E-state index in [9.17, 15) is 9.59 Å². The lowest BCUT2D eigenvalue weighted by molar-refractivity contribution is -0.145. The maximum absolute atomic E-state index is 11.7. The number of hydrogen-bond donors (Lipinski definition) is 2. The van der Waals surface area contributed by atoms with Gasteiger partial charge in [-0.15, -0.1) is 6.58 Å². The largest absolute Gasteiger partial charge is 0.480 e. The zero-order valence-electron chi connectivity index (χ0n) is 9.14. The molecule has 0 aliphatic heterocycles. The van der Waals surface area contributed by atoms with Crippen LogP contribution in [0.2, 0.25) is 0 Å². The molecule has 3 N–H and O–H groups in total. The van der Waals surface area contributed by atoms with Gasteiger partial charge in [-0.1, -0.05) is 19.9 Å². The van der Waals surface area contributed by atoms with Crippen LogP contribution in [0.25, 0.3) is 0 Å². The third kappa shape index (κ3) is 4.60. The van der Waals surface area contributed by atoms with Crippen molar-refractivity contribution < 1.29 is 14.7 Å². The third-order valence-corrected chi connectivity index (χ3v) is 1.99. The van der Waals surface area contributed by atoms with Crippen molar-refractivity contribution >= 4 is 11.9 Å². The molecule has 0 aliphatic rings. The molecule has 0 saturated carbocycles. The fraction of sp³-hybridized carbons (Fsp3) is 0.600. The van der Waals surface area contributed by atoms with Crippen molar-refractivity contribution in [3.8, 4) is 0 Å². The summed E-state index contributed by atoms with van der Waals surface area (Å²) < 4.78 is 0. The molecule has 0 aromatic heterocycles. The van der Waals surface area contributed by atoms with Gasteiger partial charge in [0, 0.05) is 6.54 Å². The van der Waals surface area contributed by atoms with Crippen LogP contribution in [0.1, 0.15) is 13.8 Å². The number of nitrogens with two attached hydrogens (primary N) is 1. The summed E-state index contributed by atoms with van der Waals surface area (Å²) in [5.41, 5.74) is 5.65. The normalized spacial score (nSPS) is 12.3. The maximum atomic E-state index is 11.7. The molecule has 0 aliphatic carbocycles. The van der Waals surface area contributed by atoms with Crippen LogP contribution in [-0.2, 0) is 9.59 Å². The number of carboxylic acids is 1. The van der Waals surface area contributed by atoms with Crippen molar-refractivity contribution in [1.82, 2.24) is 4.90 Å². The molecule has 86 valence electrons. The van der Waals surface area contributed by atoms with Crippen molar-refractivity contribution in [2.24, 2.45) is 11.7 Å². The molecule has 5 nitrogen and oxygen atoms in total. The Morgan fingerprint density at radius 2 is 2.07 bits per heavy atom. The summed E-state index contributed by atoms with van der Waals surface area (Å²) in [6, 6.07) is -0.663. The number of aliphatic carboxylic acids is 1. The Hall–Kier alpha value is -1.36. The molecule has 0 spiro atoms. The van der Waals surface area contributed by atoms with Gasteiger partial charge in [0.05, 0.1) is 6.04 Å². The summed E-state index contributed by atoms with van der Waals surface area (Å²) in [5.74, 6) is -1.42. The van der Waals surface area contributed by atoms with Crippen LogP contribution in [0.15, 0.2) is 12.7 Å². The van der Waals surface area contributed by atoms with Crippen molar-refractivity contribution in [3.63, 3.8) is 0 Å². The smallest absolute Gasteiger partial charge is 0.323 e. The summed E-state index contributed by atoms with van der Waals surface area (Å²) in [6.07, 6.45) is 1.48. The lowest BCUT2D eigenvalue weighted by atomic mass is 10.0. The van der Waals surface area contributed by atoms with Crippen LogP contribution < -0.4 is 5.73 Å². The first-order valence-electron chi connectivity index (χ1n) is 4.77. The number of rotatable bonds is 6. The number of amides is 1. The van der Waals surface area contributed by atoms with E-state index in [1.54, 1.807) is 0 Å². The van der Waals surface area contributed by atoms with E-state index in [0.717, 1.165) is 0 Å². The van der Waals surface area contributed by atoms with E-state index in [0.29, 0.717) is 0 Å². The Labute approximate surface area is 89.6 Å². The van der Waals surface area contributed by atoms with E-state index in [1.807, 2.05) is 13.8 Å². The van der Waals surface area contributed by atoms with Gasteiger partial charge in [0.2, 0.25) is 5.91 Å². The van der Waals surface area contributed by atoms with Gasteiger partial charge in [0.15, 0.2) is 0 Å². The van der Waals surface area contributed by atoms with Crippen LogP contribution in [0.5, 0.6) is 0 Å². The molecule has 0 fully saturated rings. The Morgan fingerprint density at radius 1 is 1.53 bits per heavy atom. The lowest BCUT2D eigenvalue weighted by Gasteiger charge is -2.24. The lowest BCUT2D eigenvalue weighted by Crippen LogP contribution is -2.48. The molecular weight excluding hydrogens is 196 g/mol. The Balaban J connectivity index is 4.53. The predicted octanol–water partition coefficient (Wildman–Crippen LogP) is 0.0689. The first-order chi connectivity index (χ1) is 6.90. The molecule has 0 saturated heterocycles. The minimum atomic E-state index is -1.05. The summed E-state index contributed by atoms with van der Waals surface area (Å²) in [5, 5.41) is 8.61. The number of nitrogens with zero attached hydrogens (tertiary/aromatic N) is 1. The van der Waals surface area contributed by atoms with Gasteiger partial charge in [0.25, 0.3) is 0 Å². The van der Waals surface area contributed by atoms with Gasteiger partial charge in [-0.05, 0) is 5.92 Å². The number of hydrogen-bond acceptors (Lipinski definition) is 3. The number of carbonyl (C=O) groups is 2. The topological polar surface area (TPSA) is 83.6 Å². The number of carbonyl (C=O) groups excluding carboxylic acids is 1. The highest BCUT2D eigenvalue weighted by molar-refractivity contribution is 5.85. The first-order valence-corrected chi connectivity index (χ1v) is 4.77. The van der Waals surface area contributed by atoms with E-state index in [2.05, 4.69) is 6.58 Å². The third-order valence-electron chi connectivity index (χ3n) is 1.99. The molecule has 0 unspecified atom stereocenters. The minimum Gasteiger partial charge on any atom is -0.480 e. The summed E-state index contributed by atoms with van der Waals surface area (Å²) in [4.78, 5) is 23.4. The zero-order valence-corrected chi connectivity index (χ0v) is 9.14. The Bertz CT molecular complexity index is 251. The fourth-order valence-electron chi connectivity index (χ4n) is 1.05. The summed E-state index contributed by atoms with van der Waals surface area (Å²) in [6.45, 7) is 6.95. The molecule has 5 heteroatoms. The van der Waals surface area contributed by atoms with Gasteiger partial charge < -0.3 is 15.7 Å². The average Bonchev–Trinajstić information content (AvgIpc) is 2.14. The van der Waals surface area contributed by atoms with E-state index in [4.69, 9.17) is 10.8 Å². The van der Waals surface area contributed by atoms with Crippen LogP contribution in [-0.4, -0.2) is 41.0 Å². The van der Waals surface area contributed by atoms with E-state index in [1.165, 1.54) is 11.0 Å². The van der Waals surface area contributed by atoms with E-state index < -0.39 is 12.0 Å². The Morgan fingerprint density at radius 3 is 2.40 bits per heavy atom. The minimum absolute atomic E-state index is 0.0152. The van der Waals surface area contributed by atoms with Crippen molar-refractivity contribution in [2.45, 2.75) is 19.9 Å². The molecule has 1 amide bonds. The molecular formula is C10H18N2O3. The second-order valence-electron chi connectivity index (χ2n) is 3.67. The van der Waals surface area contributed by atoms with Gasteiger partial charge >= 0.3 is 5.97 Å². The van der Waals surface area contributed by atoms with Crippen LogP contribution in [0.3, 0.4) is 0 Å². The molecule has 0 rings (SSSR count). The zero-order chi connectivity index (χ0) is 12.0. The van der Waals surface area contributed by atoms with Crippen molar-refractivity contribution in [3.05, 3.63) is 12.7 Å². The molecule has 0 aromatic rings. The van der Waals surface area contributed by atoms with Crippen LogP contribution in [0.4, 0.5) is 0 Å². The van der Waals surface area contributed by atoms with Gasteiger partial charge in [-0.3, -0.25) is 9.59 Å². The monoisotopic (exact) mass is 214 g/mol. The SMILES string of the molecule is C=CCN(CC(=O)O)C(=O)[C@H](N)C(C)C. The van der Waals surface area contributed by atoms with Gasteiger partial charge in [-0.25, -0.2) is 0 Å². The van der Waals surface area contributed by atoms with Crippen molar-refractivity contribution in [2.75, 3.05) is 13.1 Å². The Kier molecular flexibility index (Phi) is 5.62. The highest BCUT2D eigenvalue weighted by atomic mass is 16.4. The standard InChI is InChI=1S/C10H18N2O3/c1-4-5-12(6-8(13)14)10(15)9(11)7(2)3/h4,7,9H,1,5-6,11H2,2-3H3,(H,13,14)/t9-/m1/s1. The van der Waals surface area contributed by atoms with Crippen molar-refractivity contribution in [1.29, 1.82) is 0 Å².